The van der Waals surface area contributed by atoms with Gasteiger partial charge in [-0.2, -0.15) is 0 Å². The van der Waals surface area contributed by atoms with Gasteiger partial charge in [0.15, 0.2) is 0 Å². The first-order valence-corrected chi connectivity index (χ1v) is 7.90. The highest BCUT2D eigenvalue weighted by molar-refractivity contribution is 9.09. The van der Waals surface area contributed by atoms with E-state index in [1.165, 1.54) is 18.2 Å². The number of hydrogen-bond donors (Lipinski definition) is 1. The van der Waals surface area contributed by atoms with Gasteiger partial charge in [0.1, 0.15) is 10.7 Å². The molecule has 1 saturated carbocycles. The van der Waals surface area contributed by atoms with Gasteiger partial charge in [0.25, 0.3) is 0 Å². The Balaban J connectivity index is 2.12. The van der Waals surface area contributed by atoms with Gasteiger partial charge in [-0.3, -0.25) is 0 Å². The zero-order valence-corrected chi connectivity index (χ0v) is 11.5. The van der Waals surface area contributed by atoms with Gasteiger partial charge in [-0.05, 0) is 30.4 Å². The molecule has 94 valence electrons. The lowest BCUT2D eigenvalue weighted by Gasteiger charge is -2.13. The Labute approximate surface area is 109 Å². The summed E-state index contributed by atoms with van der Waals surface area (Å²) in [5.74, 6) is -0.719. The van der Waals surface area contributed by atoms with Crippen LogP contribution >= 0.6 is 15.9 Å². The number of hydrogen-bond acceptors (Lipinski definition) is 2. The fourth-order valence-electron chi connectivity index (χ4n) is 1.52. The molecule has 0 spiro atoms. The summed E-state index contributed by atoms with van der Waals surface area (Å²) >= 11 is 3.36. The molecule has 0 unspecified atom stereocenters. The Morgan fingerprint density at radius 1 is 1.35 bits per heavy atom. The summed E-state index contributed by atoms with van der Waals surface area (Å²) in [6.07, 6.45) is 2.00. The average Bonchev–Trinajstić information content (AvgIpc) is 3.08. The molecule has 1 aliphatic rings. The smallest absolute Gasteiger partial charge is 0.210 e. The molecule has 0 bridgehead atoms. The number of benzene rings is 1. The maximum absolute atomic E-state index is 13.4. The van der Waals surface area contributed by atoms with Crippen molar-refractivity contribution in [3.8, 4) is 0 Å². The molecule has 0 atom stereocenters. The molecule has 0 aliphatic heterocycles. The predicted molar refractivity (Wildman–Crippen MR) is 67.0 cm³/mol. The van der Waals surface area contributed by atoms with Gasteiger partial charge < -0.3 is 0 Å². The van der Waals surface area contributed by atoms with E-state index in [1.807, 2.05) is 0 Å². The van der Waals surface area contributed by atoms with Gasteiger partial charge in [-0.1, -0.05) is 28.1 Å². The Morgan fingerprint density at radius 3 is 2.53 bits per heavy atom. The normalized spacial score (nSPS) is 18.0. The summed E-state index contributed by atoms with van der Waals surface area (Å²) in [5, 5.41) is 0.764. The van der Waals surface area contributed by atoms with Gasteiger partial charge in [0, 0.05) is 11.9 Å². The molecular weight excluding hydrogens is 309 g/mol. The van der Waals surface area contributed by atoms with Gasteiger partial charge in [-0.25, -0.2) is 17.5 Å². The SMILES string of the molecule is O=S(=O)(NCC1(CBr)CC1)c1ccccc1F. The van der Waals surface area contributed by atoms with Crippen molar-refractivity contribution >= 4 is 26.0 Å². The largest absolute Gasteiger partial charge is 0.243 e. The van der Waals surface area contributed by atoms with Gasteiger partial charge in [-0.15, -0.1) is 0 Å². The summed E-state index contributed by atoms with van der Waals surface area (Å²) in [5.41, 5.74) is 0.0261. The van der Waals surface area contributed by atoms with Crippen LogP contribution in [0, 0.1) is 11.2 Å². The van der Waals surface area contributed by atoms with E-state index < -0.39 is 15.8 Å². The first-order valence-electron chi connectivity index (χ1n) is 5.29. The van der Waals surface area contributed by atoms with E-state index in [-0.39, 0.29) is 10.3 Å². The lowest BCUT2D eigenvalue weighted by atomic mass is 10.1. The highest BCUT2D eigenvalue weighted by atomic mass is 79.9. The van der Waals surface area contributed by atoms with E-state index >= 15 is 0 Å². The van der Waals surface area contributed by atoms with Crippen LogP contribution in [-0.4, -0.2) is 20.3 Å². The predicted octanol–water partition coefficient (Wildman–Crippen LogP) is 2.28. The summed E-state index contributed by atoms with van der Waals surface area (Å²) < 4.78 is 39.6. The topological polar surface area (TPSA) is 46.2 Å². The molecule has 3 nitrogen and oxygen atoms in total. The average molecular weight is 322 g/mol. The van der Waals surface area contributed by atoms with Crippen molar-refractivity contribution in [3.05, 3.63) is 30.1 Å². The lowest BCUT2D eigenvalue weighted by molar-refractivity contribution is 0.528. The number of sulfonamides is 1. The Kier molecular flexibility index (Phi) is 3.56. The van der Waals surface area contributed by atoms with Crippen molar-refractivity contribution < 1.29 is 12.8 Å². The zero-order valence-electron chi connectivity index (χ0n) is 9.12. The highest BCUT2D eigenvalue weighted by Gasteiger charge is 2.42. The van der Waals surface area contributed by atoms with Gasteiger partial charge in [0.05, 0.1) is 0 Å². The number of alkyl halides is 1. The Hall–Kier alpha value is -0.460. The highest BCUT2D eigenvalue weighted by Crippen LogP contribution is 2.46. The molecule has 0 amide bonds. The van der Waals surface area contributed by atoms with Crippen molar-refractivity contribution in [2.75, 3.05) is 11.9 Å². The molecule has 1 N–H and O–H groups in total. The molecule has 1 fully saturated rings. The van der Waals surface area contributed by atoms with E-state index in [4.69, 9.17) is 0 Å². The van der Waals surface area contributed by atoms with Crippen LogP contribution < -0.4 is 4.72 Å². The molecule has 1 aliphatic carbocycles. The quantitative estimate of drug-likeness (QED) is 0.846. The summed E-state index contributed by atoms with van der Waals surface area (Å²) in [7, 11) is -3.74. The van der Waals surface area contributed by atoms with E-state index in [0.717, 1.165) is 24.2 Å². The fraction of sp³-hybridized carbons (Fsp3) is 0.455. The minimum absolute atomic E-state index is 0.0261. The molecular formula is C11H13BrFNO2S. The molecule has 17 heavy (non-hydrogen) atoms. The minimum atomic E-state index is -3.74. The number of halogens is 2. The van der Waals surface area contributed by atoms with Crippen LogP contribution in [0.5, 0.6) is 0 Å². The first kappa shape index (κ1) is 13.0. The summed E-state index contributed by atoms with van der Waals surface area (Å²) in [6.45, 7) is 0.356. The van der Waals surface area contributed by atoms with Crippen molar-refractivity contribution in [3.63, 3.8) is 0 Å². The molecule has 0 saturated heterocycles. The minimum Gasteiger partial charge on any atom is -0.210 e. The third-order valence-corrected chi connectivity index (χ3v) is 5.63. The third kappa shape index (κ3) is 2.86. The van der Waals surface area contributed by atoms with Crippen molar-refractivity contribution in [1.82, 2.24) is 4.72 Å². The maximum atomic E-state index is 13.4. The number of nitrogens with one attached hydrogen (secondary N) is 1. The second-order valence-corrected chi connectivity index (χ2v) is 6.68. The Morgan fingerprint density at radius 2 is 2.00 bits per heavy atom. The molecule has 0 heterocycles. The first-order chi connectivity index (χ1) is 7.99. The molecule has 0 radical (unpaired) electrons. The van der Waals surface area contributed by atoms with Crippen LogP contribution in [0.4, 0.5) is 4.39 Å². The lowest BCUT2D eigenvalue weighted by Crippen LogP contribution is -2.31. The van der Waals surface area contributed by atoms with E-state index in [0.29, 0.717) is 6.54 Å². The van der Waals surface area contributed by atoms with Crippen LogP contribution in [0.15, 0.2) is 29.2 Å². The van der Waals surface area contributed by atoms with E-state index in [9.17, 15) is 12.8 Å². The van der Waals surface area contributed by atoms with Crippen LogP contribution in [0.1, 0.15) is 12.8 Å². The second kappa shape index (κ2) is 4.66. The van der Waals surface area contributed by atoms with Crippen LogP contribution in [0.25, 0.3) is 0 Å². The van der Waals surface area contributed by atoms with Crippen molar-refractivity contribution in [2.24, 2.45) is 5.41 Å². The van der Waals surface area contributed by atoms with Crippen molar-refractivity contribution in [1.29, 1.82) is 0 Å². The van der Waals surface area contributed by atoms with Gasteiger partial charge in [0.2, 0.25) is 10.0 Å². The molecule has 0 aromatic heterocycles. The standard InChI is InChI=1S/C11H13BrFNO2S/c12-7-11(5-6-11)8-14-17(15,16)10-4-2-1-3-9(10)13/h1-4,14H,5-8H2. The molecule has 1 aromatic carbocycles. The summed E-state index contributed by atoms with van der Waals surface area (Å²) in [6, 6.07) is 5.39. The van der Waals surface area contributed by atoms with Crippen LogP contribution in [-0.2, 0) is 10.0 Å². The van der Waals surface area contributed by atoms with Crippen LogP contribution in [0.3, 0.4) is 0 Å². The Bertz CT molecular complexity index is 514. The van der Waals surface area contributed by atoms with Gasteiger partial charge >= 0.3 is 0 Å². The molecule has 2 rings (SSSR count). The molecule has 1 aromatic rings. The summed E-state index contributed by atoms with van der Waals surface area (Å²) in [4.78, 5) is -0.287. The van der Waals surface area contributed by atoms with Crippen LogP contribution in [0.2, 0.25) is 0 Å². The van der Waals surface area contributed by atoms with E-state index in [1.54, 1.807) is 0 Å². The molecule has 6 heteroatoms. The van der Waals surface area contributed by atoms with Crippen molar-refractivity contribution in [2.45, 2.75) is 17.7 Å². The van der Waals surface area contributed by atoms with E-state index in [2.05, 4.69) is 20.7 Å². The maximum Gasteiger partial charge on any atom is 0.243 e. The monoisotopic (exact) mass is 321 g/mol. The second-order valence-electron chi connectivity index (χ2n) is 4.39. The fourth-order valence-corrected chi connectivity index (χ4v) is 3.52. The third-order valence-electron chi connectivity index (χ3n) is 3.00. The zero-order chi connectivity index (χ0) is 12.5. The number of rotatable bonds is 5.